The number of nitrogens with one attached hydrogen (secondary N) is 2. The quantitative estimate of drug-likeness (QED) is 0.480. The smallest absolute Gasteiger partial charge is 0.360 e. The Labute approximate surface area is 104 Å². The summed E-state index contributed by atoms with van der Waals surface area (Å²) in [6.07, 6.45) is 0.834. The zero-order valence-electron chi connectivity index (χ0n) is 9.24. The standard InChI is InChI=1S/C11H12ClN3O2/c1-2-17-11(16)10(7-13)15-14-9-5-3-8(12)4-6-9/h3-7,13-14H,2H2,1H3/b13-7?,15-10+. The van der Waals surface area contributed by atoms with Crippen LogP contribution in [0.4, 0.5) is 5.69 Å². The summed E-state index contributed by atoms with van der Waals surface area (Å²) < 4.78 is 4.72. The molecule has 1 rings (SSSR count). The van der Waals surface area contributed by atoms with Crippen LogP contribution in [0.2, 0.25) is 5.02 Å². The average Bonchev–Trinajstić information content (AvgIpc) is 2.32. The van der Waals surface area contributed by atoms with Crippen molar-refractivity contribution in [2.75, 3.05) is 12.0 Å². The number of hydrogen-bond donors (Lipinski definition) is 2. The van der Waals surface area contributed by atoms with Crippen LogP contribution in [0.3, 0.4) is 0 Å². The van der Waals surface area contributed by atoms with Gasteiger partial charge in [-0.05, 0) is 31.2 Å². The molecule has 6 heteroatoms. The van der Waals surface area contributed by atoms with Crippen molar-refractivity contribution in [3.05, 3.63) is 29.3 Å². The van der Waals surface area contributed by atoms with E-state index < -0.39 is 5.97 Å². The van der Waals surface area contributed by atoms with Crippen molar-refractivity contribution >= 4 is 35.2 Å². The van der Waals surface area contributed by atoms with E-state index in [-0.39, 0.29) is 12.3 Å². The van der Waals surface area contributed by atoms with Gasteiger partial charge in [0.1, 0.15) is 0 Å². The van der Waals surface area contributed by atoms with Crippen LogP contribution in [0.15, 0.2) is 29.4 Å². The first-order valence-electron chi connectivity index (χ1n) is 4.94. The zero-order valence-corrected chi connectivity index (χ0v) is 9.99. The second-order valence-corrected chi connectivity index (χ2v) is 3.42. The highest BCUT2D eigenvalue weighted by Crippen LogP contribution is 2.13. The molecule has 0 aliphatic rings. The Kier molecular flexibility index (Phi) is 5.16. The largest absolute Gasteiger partial charge is 0.461 e. The first-order valence-corrected chi connectivity index (χ1v) is 5.32. The Morgan fingerprint density at radius 1 is 1.53 bits per heavy atom. The minimum absolute atomic E-state index is 0.0956. The van der Waals surface area contributed by atoms with Crippen molar-refractivity contribution in [2.45, 2.75) is 6.92 Å². The number of esters is 1. The molecule has 0 aliphatic carbocycles. The molecular formula is C11H12ClN3O2. The van der Waals surface area contributed by atoms with E-state index in [9.17, 15) is 4.79 Å². The summed E-state index contributed by atoms with van der Waals surface area (Å²) in [5.41, 5.74) is 3.21. The number of hydrogen-bond acceptors (Lipinski definition) is 5. The molecule has 2 N–H and O–H groups in total. The lowest BCUT2D eigenvalue weighted by Crippen LogP contribution is -2.19. The van der Waals surface area contributed by atoms with Crippen LogP contribution in [-0.2, 0) is 9.53 Å². The highest BCUT2D eigenvalue weighted by Gasteiger charge is 2.09. The van der Waals surface area contributed by atoms with Gasteiger partial charge in [-0.3, -0.25) is 5.43 Å². The summed E-state index contributed by atoms with van der Waals surface area (Å²) in [4.78, 5) is 11.3. The van der Waals surface area contributed by atoms with Crippen LogP contribution in [0.25, 0.3) is 0 Å². The van der Waals surface area contributed by atoms with E-state index >= 15 is 0 Å². The van der Waals surface area contributed by atoms with E-state index in [1.165, 1.54) is 0 Å². The molecule has 1 aromatic rings. The number of halogens is 1. The molecule has 90 valence electrons. The second kappa shape index (κ2) is 6.65. The number of rotatable bonds is 5. The Morgan fingerprint density at radius 3 is 2.71 bits per heavy atom. The predicted octanol–water partition coefficient (Wildman–Crippen LogP) is 2.32. The van der Waals surface area contributed by atoms with Crippen molar-refractivity contribution in [3.63, 3.8) is 0 Å². The van der Waals surface area contributed by atoms with E-state index in [2.05, 4.69) is 10.5 Å². The number of benzene rings is 1. The molecule has 1 aromatic carbocycles. The molecule has 0 unspecified atom stereocenters. The van der Waals surface area contributed by atoms with Gasteiger partial charge >= 0.3 is 5.97 Å². The second-order valence-electron chi connectivity index (χ2n) is 2.98. The maximum Gasteiger partial charge on any atom is 0.360 e. The molecule has 0 amide bonds. The highest BCUT2D eigenvalue weighted by atomic mass is 35.5. The SMILES string of the molecule is CCOC(=O)/C(C=N)=N/Nc1ccc(Cl)cc1. The molecule has 0 spiro atoms. The van der Waals surface area contributed by atoms with Gasteiger partial charge in [0.2, 0.25) is 0 Å². The van der Waals surface area contributed by atoms with E-state index in [1.54, 1.807) is 31.2 Å². The summed E-state index contributed by atoms with van der Waals surface area (Å²) in [6.45, 7) is 1.93. The van der Waals surface area contributed by atoms with Gasteiger partial charge in [-0.25, -0.2) is 4.79 Å². The summed E-state index contributed by atoms with van der Waals surface area (Å²) in [6, 6.07) is 6.79. The van der Waals surface area contributed by atoms with Crippen LogP contribution >= 0.6 is 11.6 Å². The monoisotopic (exact) mass is 253 g/mol. The van der Waals surface area contributed by atoms with Crippen molar-refractivity contribution in [1.82, 2.24) is 0 Å². The summed E-state index contributed by atoms with van der Waals surface area (Å²) in [5, 5.41) is 11.4. The van der Waals surface area contributed by atoms with Crippen LogP contribution in [0, 0.1) is 5.41 Å². The summed E-state index contributed by atoms with van der Waals surface area (Å²) in [7, 11) is 0. The minimum atomic E-state index is -0.635. The Hall–Kier alpha value is -1.88. The minimum Gasteiger partial charge on any atom is -0.461 e. The van der Waals surface area contributed by atoms with Gasteiger partial charge < -0.3 is 10.1 Å². The van der Waals surface area contributed by atoms with E-state index in [1.807, 2.05) is 0 Å². The number of ether oxygens (including phenoxy) is 1. The lowest BCUT2D eigenvalue weighted by atomic mass is 10.3. The number of hydrazone groups is 1. The van der Waals surface area contributed by atoms with Gasteiger partial charge in [0, 0.05) is 5.02 Å². The van der Waals surface area contributed by atoms with Gasteiger partial charge in [-0.2, -0.15) is 5.10 Å². The fourth-order valence-corrected chi connectivity index (χ4v) is 1.12. The van der Waals surface area contributed by atoms with Crippen LogP contribution in [0.1, 0.15) is 6.92 Å². The maximum absolute atomic E-state index is 11.3. The lowest BCUT2D eigenvalue weighted by molar-refractivity contribution is -0.134. The predicted molar refractivity (Wildman–Crippen MR) is 67.9 cm³/mol. The van der Waals surface area contributed by atoms with Crippen molar-refractivity contribution in [1.29, 1.82) is 5.41 Å². The Morgan fingerprint density at radius 2 is 2.18 bits per heavy atom. The zero-order chi connectivity index (χ0) is 12.7. The van der Waals surface area contributed by atoms with E-state index in [0.29, 0.717) is 10.7 Å². The van der Waals surface area contributed by atoms with Gasteiger partial charge in [-0.15, -0.1) is 0 Å². The summed E-state index contributed by atoms with van der Waals surface area (Å²) in [5.74, 6) is -0.635. The number of anilines is 1. The average molecular weight is 254 g/mol. The van der Waals surface area contributed by atoms with Crippen molar-refractivity contribution in [3.8, 4) is 0 Å². The molecule has 0 aromatic heterocycles. The van der Waals surface area contributed by atoms with Gasteiger partial charge in [-0.1, -0.05) is 11.6 Å². The molecule has 0 saturated carbocycles. The van der Waals surface area contributed by atoms with Gasteiger partial charge in [0.25, 0.3) is 0 Å². The fraction of sp³-hybridized carbons (Fsp3) is 0.182. The molecule has 0 radical (unpaired) electrons. The summed E-state index contributed by atoms with van der Waals surface area (Å²) >= 11 is 5.72. The van der Waals surface area contributed by atoms with Gasteiger partial charge in [0.15, 0.2) is 5.71 Å². The van der Waals surface area contributed by atoms with E-state index in [0.717, 1.165) is 6.21 Å². The lowest BCUT2D eigenvalue weighted by Gasteiger charge is -2.03. The third-order valence-corrected chi connectivity index (χ3v) is 2.02. The molecule has 0 aliphatic heterocycles. The Bertz CT molecular complexity index is 429. The molecule has 0 atom stereocenters. The van der Waals surface area contributed by atoms with Gasteiger partial charge in [0.05, 0.1) is 18.5 Å². The maximum atomic E-state index is 11.3. The molecule has 5 nitrogen and oxygen atoms in total. The molecular weight excluding hydrogens is 242 g/mol. The Balaban J connectivity index is 2.70. The molecule has 17 heavy (non-hydrogen) atoms. The number of nitrogens with zero attached hydrogens (tertiary/aromatic N) is 1. The number of carbonyl (C=O) groups is 1. The van der Waals surface area contributed by atoms with Crippen LogP contribution in [-0.4, -0.2) is 24.5 Å². The van der Waals surface area contributed by atoms with Crippen LogP contribution in [0.5, 0.6) is 0 Å². The van der Waals surface area contributed by atoms with E-state index in [4.69, 9.17) is 21.7 Å². The van der Waals surface area contributed by atoms with Crippen LogP contribution < -0.4 is 5.43 Å². The molecule has 0 fully saturated rings. The first kappa shape index (κ1) is 13.2. The highest BCUT2D eigenvalue weighted by molar-refractivity contribution is 6.58. The third kappa shape index (κ3) is 4.24. The number of carbonyl (C=O) groups excluding carboxylic acids is 1. The van der Waals surface area contributed by atoms with Crippen molar-refractivity contribution < 1.29 is 9.53 Å². The van der Waals surface area contributed by atoms with Crippen molar-refractivity contribution in [2.24, 2.45) is 5.10 Å². The first-order chi connectivity index (χ1) is 8.17. The fourth-order valence-electron chi connectivity index (χ4n) is 0.991. The molecule has 0 bridgehead atoms. The third-order valence-electron chi connectivity index (χ3n) is 1.77. The molecule has 0 heterocycles. The topological polar surface area (TPSA) is 74.5 Å². The normalized spacial score (nSPS) is 10.8. The molecule has 0 saturated heterocycles.